The molecular formula is C9H14N4O. The summed E-state index contributed by atoms with van der Waals surface area (Å²) in [5.41, 5.74) is 12.4. The second-order valence-corrected chi connectivity index (χ2v) is 3.19. The van der Waals surface area contributed by atoms with Gasteiger partial charge in [0, 0.05) is 13.2 Å². The minimum Gasteiger partial charge on any atom is -0.396 e. The number of rotatable bonds is 3. The van der Waals surface area contributed by atoms with Gasteiger partial charge in [0.05, 0.1) is 12.2 Å². The zero-order valence-corrected chi connectivity index (χ0v) is 8.32. The number of nitrogen functional groups attached to an aromatic ring is 1. The first-order valence-corrected chi connectivity index (χ1v) is 4.23. The number of primary amides is 1. The molecule has 1 aromatic heterocycles. The van der Waals surface area contributed by atoms with Crippen LogP contribution in [-0.2, 0) is 4.79 Å². The summed E-state index contributed by atoms with van der Waals surface area (Å²) in [6.07, 6.45) is 1.65. The van der Waals surface area contributed by atoms with Crippen LogP contribution < -0.4 is 16.4 Å². The van der Waals surface area contributed by atoms with E-state index in [9.17, 15) is 4.79 Å². The number of aryl methyl sites for hydroxylation is 1. The highest BCUT2D eigenvalue weighted by molar-refractivity contribution is 5.80. The van der Waals surface area contributed by atoms with E-state index >= 15 is 0 Å². The van der Waals surface area contributed by atoms with Gasteiger partial charge >= 0.3 is 0 Å². The van der Waals surface area contributed by atoms with Crippen molar-refractivity contribution in [1.29, 1.82) is 0 Å². The third-order valence-corrected chi connectivity index (χ3v) is 1.94. The molecule has 0 aliphatic heterocycles. The van der Waals surface area contributed by atoms with Gasteiger partial charge in [0.15, 0.2) is 5.82 Å². The topological polar surface area (TPSA) is 85.2 Å². The average Bonchev–Trinajstić information content (AvgIpc) is 2.08. The molecule has 1 aromatic rings. The van der Waals surface area contributed by atoms with Crippen LogP contribution in [0.25, 0.3) is 0 Å². The Morgan fingerprint density at radius 2 is 2.29 bits per heavy atom. The molecule has 0 atom stereocenters. The van der Waals surface area contributed by atoms with E-state index in [1.54, 1.807) is 18.1 Å². The number of hydrogen-bond donors (Lipinski definition) is 2. The minimum atomic E-state index is -0.407. The lowest BCUT2D eigenvalue weighted by atomic mass is 10.2. The van der Waals surface area contributed by atoms with Gasteiger partial charge < -0.3 is 16.4 Å². The number of pyridine rings is 1. The fraction of sp³-hybridized carbons (Fsp3) is 0.333. The average molecular weight is 194 g/mol. The third kappa shape index (κ3) is 2.12. The molecule has 1 amide bonds. The molecule has 0 saturated heterocycles. The maximum atomic E-state index is 10.7. The van der Waals surface area contributed by atoms with Gasteiger partial charge in [0.2, 0.25) is 5.91 Å². The molecule has 1 heterocycles. The summed E-state index contributed by atoms with van der Waals surface area (Å²) in [5, 5.41) is 0. The molecule has 0 fully saturated rings. The molecule has 0 aromatic carbocycles. The van der Waals surface area contributed by atoms with Gasteiger partial charge in [-0.2, -0.15) is 0 Å². The van der Waals surface area contributed by atoms with Crippen molar-refractivity contribution in [2.75, 3.05) is 24.2 Å². The van der Waals surface area contributed by atoms with Crippen molar-refractivity contribution in [3.05, 3.63) is 17.8 Å². The molecule has 0 spiro atoms. The molecule has 5 nitrogen and oxygen atoms in total. The fourth-order valence-corrected chi connectivity index (χ4v) is 1.17. The van der Waals surface area contributed by atoms with Crippen LogP contribution in [0.2, 0.25) is 0 Å². The number of hydrogen-bond acceptors (Lipinski definition) is 4. The maximum absolute atomic E-state index is 10.7. The van der Waals surface area contributed by atoms with Crippen molar-refractivity contribution in [3.63, 3.8) is 0 Å². The largest absolute Gasteiger partial charge is 0.396 e. The quantitative estimate of drug-likeness (QED) is 0.703. The zero-order valence-electron chi connectivity index (χ0n) is 8.32. The third-order valence-electron chi connectivity index (χ3n) is 1.94. The van der Waals surface area contributed by atoms with E-state index in [4.69, 9.17) is 11.5 Å². The van der Waals surface area contributed by atoms with Crippen molar-refractivity contribution >= 4 is 17.4 Å². The van der Waals surface area contributed by atoms with E-state index in [1.165, 1.54) is 0 Å². The number of aromatic nitrogens is 1. The van der Waals surface area contributed by atoms with Gasteiger partial charge in [-0.05, 0) is 18.6 Å². The Morgan fingerprint density at radius 3 is 2.86 bits per heavy atom. The molecule has 14 heavy (non-hydrogen) atoms. The highest BCUT2D eigenvalue weighted by Gasteiger charge is 2.09. The lowest BCUT2D eigenvalue weighted by Crippen LogP contribution is -2.31. The molecule has 76 valence electrons. The molecule has 0 unspecified atom stereocenters. The van der Waals surface area contributed by atoms with Crippen LogP contribution in [0, 0.1) is 6.92 Å². The van der Waals surface area contributed by atoms with Crippen LogP contribution in [-0.4, -0.2) is 24.5 Å². The molecule has 0 saturated carbocycles. The molecule has 0 aliphatic rings. The van der Waals surface area contributed by atoms with Crippen molar-refractivity contribution in [2.24, 2.45) is 5.73 Å². The fourth-order valence-electron chi connectivity index (χ4n) is 1.17. The Labute approximate surface area is 82.7 Å². The zero-order chi connectivity index (χ0) is 10.7. The highest BCUT2D eigenvalue weighted by Crippen LogP contribution is 2.21. The second-order valence-electron chi connectivity index (χ2n) is 3.19. The van der Waals surface area contributed by atoms with Crippen molar-refractivity contribution in [3.8, 4) is 0 Å². The Hall–Kier alpha value is -1.78. The Morgan fingerprint density at radius 1 is 1.64 bits per heavy atom. The first-order valence-electron chi connectivity index (χ1n) is 4.23. The monoisotopic (exact) mass is 194 g/mol. The van der Waals surface area contributed by atoms with Crippen LogP contribution >= 0.6 is 0 Å². The number of nitrogens with two attached hydrogens (primary N) is 2. The molecule has 4 N–H and O–H groups in total. The number of carbonyl (C=O) groups excluding carboxylic acids is 1. The summed E-state index contributed by atoms with van der Waals surface area (Å²) in [4.78, 5) is 16.4. The predicted octanol–water partition coefficient (Wildman–Crippen LogP) is -0.106. The normalized spacial score (nSPS) is 9.86. The van der Waals surface area contributed by atoms with Gasteiger partial charge in [-0.15, -0.1) is 0 Å². The standard InChI is InChI=1S/C9H14N4O/c1-6-3-4-12-9(8(6)11)13(2)5-7(10)14/h3-4H,5,11H2,1-2H3,(H2,10,14). The van der Waals surface area contributed by atoms with Gasteiger partial charge in [-0.25, -0.2) is 4.98 Å². The number of amides is 1. The number of anilines is 2. The number of nitrogens with zero attached hydrogens (tertiary/aromatic N) is 2. The predicted molar refractivity (Wildman–Crippen MR) is 55.9 cm³/mol. The lowest BCUT2D eigenvalue weighted by Gasteiger charge is -2.18. The SMILES string of the molecule is Cc1ccnc(N(C)CC(N)=O)c1N. The second kappa shape index (κ2) is 3.95. The summed E-state index contributed by atoms with van der Waals surface area (Å²) in [5.74, 6) is 0.180. The van der Waals surface area contributed by atoms with E-state index < -0.39 is 5.91 Å². The summed E-state index contributed by atoms with van der Waals surface area (Å²) in [7, 11) is 1.73. The Balaban J connectivity index is 2.95. The highest BCUT2D eigenvalue weighted by atomic mass is 16.1. The summed E-state index contributed by atoms with van der Waals surface area (Å²) in [6.45, 7) is 2.00. The van der Waals surface area contributed by atoms with E-state index in [1.807, 2.05) is 13.0 Å². The van der Waals surface area contributed by atoms with Crippen LogP contribution in [0.15, 0.2) is 12.3 Å². The van der Waals surface area contributed by atoms with E-state index in [0.29, 0.717) is 11.5 Å². The van der Waals surface area contributed by atoms with Gasteiger partial charge in [0.1, 0.15) is 0 Å². The molecule has 1 rings (SSSR count). The van der Waals surface area contributed by atoms with Gasteiger partial charge in [0.25, 0.3) is 0 Å². The molecular weight excluding hydrogens is 180 g/mol. The lowest BCUT2D eigenvalue weighted by molar-refractivity contribution is -0.116. The van der Waals surface area contributed by atoms with E-state index in [0.717, 1.165) is 5.56 Å². The maximum Gasteiger partial charge on any atom is 0.236 e. The molecule has 0 aliphatic carbocycles. The van der Waals surface area contributed by atoms with Crippen molar-refractivity contribution in [1.82, 2.24) is 4.98 Å². The van der Waals surface area contributed by atoms with Crippen LogP contribution in [0.1, 0.15) is 5.56 Å². The number of carbonyl (C=O) groups is 1. The molecule has 5 heteroatoms. The number of likely N-dealkylation sites (N-methyl/N-ethyl adjacent to an activating group) is 1. The smallest absolute Gasteiger partial charge is 0.236 e. The first kappa shape index (κ1) is 10.3. The summed E-state index contributed by atoms with van der Waals surface area (Å²) < 4.78 is 0. The Bertz CT molecular complexity index is 351. The van der Waals surface area contributed by atoms with Crippen molar-refractivity contribution in [2.45, 2.75) is 6.92 Å². The Kier molecular flexibility index (Phi) is 2.91. The summed E-state index contributed by atoms with van der Waals surface area (Å²) >= 11 is 0. The van der Waals surface area contributed by atoms with Crippen molar-refractivity contribution < 1.29 is 4.79 Å². The molecule has 0 bridgehead atoms. The van der Waals surface area contributed by atoms with Gasteiger partial charge in [-0.3, -0.25) is 4.79 Å². The molecule has 0 radical (unpaired) electrons. The minimum absolute atomic E-state index is 0.112. The van der Waals surface area contributed by atoms with Crippen LogP contribution in [0.5, 0.6) is 0 Å². The van der Waals surface area contributed by atoms with Crippen LogP contribution in [0.4, 0.5) is 11.5 Å². The summed E-state index contributed by atoms with van der Waals surface area (Å²) in [6, 6.07) is 1.82. The van der Waals surface area contributed by atoms with E-state index in [2.05, 4.69) is 4.98 Å². The van der Waals surface area contributed by atoms with Gasteiger partial charge in [-0.1, -0.05) is 0 Å². The van der Waals surface area contributed by atoms with Crippen LogP contribution in [0.3, 0.4) is 0 Å². The van der Waals surface area contributed by atoms with E-state index in [-0.39, 0.29) is 6.54 Å². The first-order chi connectivity index (χ1) is 6.52.